The molecule has 0 spiro atoms. The number of nitrogens with zero attached hydrogens (tertiary/aromatic N) is 1. The highest BCUT2D eigenvalue weighted by Crippen LogP contribution is 2.38. The molecule has 0 aliphatic carbocycles. The molecule has 1 N–H and O–H groups in total. The second-order valence-corrected chi connectivity index (χ2v) is 8.83. The number of carboxylic acids is 1. The monoisotopic (exact) mass is 545 g/mol. The topological polar surface area (TPSA) is 85.3 Å². The van der Waals surface area contributed by atoms with Crippen molar-refractivity contribution in [2.75, 3.05) is 27.9 Å². The Morgan fingerprint density at radius 3 is 1.85 bits per heavy atom. The van der Waals surface area contributed by atoms with Crippen molar-refractivity contribution in [3.8, 4) is 17.2 Å². The van der Waals surface area contributed by atoms with Gasteiger partial charge in [-0.05, 0) is 53.8 Å². The summed E-state index contributed by atoms with van der Waals surface area (Å²) in [6.07, 6.45) is -3.54. The van der Waals surface area contributed by atoms with Crippen molar-refractivity contribution in [1.29, 1.82) is 0 Å². The Labute approximate surface area is 224 Å². The summed E-state index contributed by atoms with van der Waals surface area (Å²) in [4.78, 5) is 26.3. The van der Waals surface area contributed by atoms with Crippen LogP contribution in [0, 0.1) is 0 Å². The minimum absolute atomic E-state index is 0.110. The molecule has 0 bridgehead atoms. The fourth-order valence-electron chi connectivity index (χ4n) is 4.13. The van der Waals surface area contributed by atoms with Gasteiger partial charge in [-0.2, -0.15) is 13.2 Å². The third-order valence-corrected chi connectivity index (χ3v) is 6.13. The van der Waals surface area contributed by atoms with Gasteiger partial charge in [-0.25, -0.2) is 0 Å². The third-order valence-electron chi connectivity index (χ3n) is 6.13. The molecule has 3 aromatic carbocycles. The molecular weight excluding hydrogens is 515 g/mol. The van der Waals surface area contributed by atoms with E-state index in [2.05, 4.69) is 0 Å². The molecule has 0 atom stereocenters. The molecule has 39 heavy (non-hydrogen) atoms. The van der Waals surface area contributed by atoms with Crippen LogP contribution in [-0.2, 0) is 30.4 Å². The number of methoxy groups -OCH3 is 3. The molecule has 7 nitrogen and oxygen atoms in total. The normalized spacial score (nSPS) is 11.1. The summed E-state index contributed by atoms with van der Waals surface area (Å²) in [7, 11) is 4.36. The van der Waals surface area contributed by atoms with Gasteiger partial charge in [0.1, 0.15) is 0 Å². The molecule has 0 aromatic heterocycles. The first-order valence-corrected chi connectivity index (χ1v) is 12.1. The van der Waals surface area contributed by atoms with Crippen LogP contribution in [-0.4, -0.2) is 49.8 Å². The van der Waals surface area contributed by atoms with Crippen LogP contribution in [0.15, 0.2) is 60.7 Å². The zero-order valence-electron chi connectivity index (χ0n) is 21.9. The number of carbonyl (C=O) groups excluding carboxylic acids is 1. The van der Waals surface area contributed by atoms with Gasteiger partial charge >= 0.3 is 12.1 Å². The van der Waals surface area contributed by atoms with Crippen molar-refractivity contribution in [1.82, 2.24) is 4.90 Å². The number of carboxylic acid groups (broad SMARTS) is 1. The Kier molecular flexibility index (Phi) is 9.81. The molecular formula is C29H30F3NO6. The maximum Gasteiger partial charge on any atom is 0.416 e. The highest BCUT2D eigenvalue weighted by atomic mass is 19.4. The Bertz CT molecular complexity index is 1250. The largest absolute Gasteiger partial charge is 0.493 e. The highest BCUT2D eigenvalue weighted by Gasteiger charge is 2.30. The van der Waals surface area contributed by atoms with Gasteiger partial charge in [-0.15, -0.1) is 0 Å². The van der Waals surface area contributed by atoms with Crippen LogP contribution in [0.5, 0.6) is 17.2 Å². The SMILES string of the molecule is COc1cc(C(=O)N(CCCc2ccc(C(F)(F)F)cc2)Cc2ccc(CC(=O)O)cc2)cc(OC)c1OC. The van der Waals surface area contributed by atoms with E-state index in [-0.39, 0.29) is 18.9 Å². The molecule has 0 fully saturated rings. The Morgan fingerprint density at radius 2 is 1.36 bits per heavy atom. The number of hydrogen-bond acceptors (Lipinski definition) is 5. The summed E-state index contributed by atoms with van der Waals surface area (Å²) in [5.74, 6) is -0.258. The van der Waals surface area contributed by atoms with Crippen molar-refractivity contribution in [3.05, 3.63) is 88.5 Å². The van der Waals surface area contributed by atoms with E-state index in [4.69, 9.17) is 19.3 Å². The summed E-state index contributed by atoms with van der Waals surface area (Å²) in [5, 5.41) is 9.01. The van der Waals surface area contributed by atoms with Crippen LogP contribution < -0.4 is 14.2 Å². The first-order chi connectivity index (χ1) is 18.5. The third kappa shape index (κ3) is 7.89. The van der Waals surface area contributed by atoms with E-state index < -0.39 is 17.7 Å². The van der Waals surface area contributed by atoms with Crippen LogP contribution >= 0.6 is 0 Å². The quantitative estimate of drug-likeness (QED) is 0.317. The average molecular weight is 546 g/mol. The number of rotatable bonds is 12. The minimum Gasteiger partial charge on any atom is -0.493 e. The molecule has 0 unspecified atom stereocenters. The van der Waals surface area contributed by atoms with Crippen LogP contribution in [0.4, 0.5) is 13.2 Å². The zero-order chi connectivity index (χ0) is 28.6. The number of amides is 1. The highest BCUT2D eigenvalue weighted by molar-refractivity contribution is 5.95. The molecule has 0 heterocycles. The van der Waals surface area contributed by atoms with Crippen molar-refractivity contribution < 1.29 is 42.1 Å². The van der Waals surface area contributed by atoms with Crippen LogP contribution in [0.2, 0.25) is 0 Å². The molecule has 0 saturated heterocycles. The number of carbonyl (C=O) groups is 2. The van der Waals surface area contributed by atoms with Gasteiger partial charge in [0.05, 0.1) is 33.3 Å². The van der Waals surface area contributed by atoms with E-state index in [0.29, 0.717) is 47.8 Å². The molecule has 208 valence electrons. The predicted octanol–water partition coefficient (Wildman–Crippen LogP) is 5.63. The molecule has 0 aliphatic rings. The van der Waals surface area contributed by atoms with Crippen molar-refractivity contribution in [2.45, 2.75) is 32.0 Å². The Morgan fingerprint density at radius 1 is 0.821 bits per heavy atom. The molecule has 1 amide bonds. The van der Waals surface area contributed by atoms with Gasteiger partial charge in [0, 0.05) is 18.7 Å². The number of aryl methyl sites for hydroxylation is 1. The summed E-state index contributed by atoms with van der Waals surface area (Å²) in [6.45, 7) is 0.545. The number of alkyl halides is 3. The van der Waals surface area contributed by atoms with Crippen molar-refractivity contribution in [3.63, 3.8) is 0 Å². The van der Waals surface area contributed by atoms with Gasteiger partial charge < -0.3 is 24.2 Å². The van der Waals surface area contributed by atoms with Gasteiger partial charge in [0.25, 0.3) is 5.91 Å². The zero-order valence-corrected chi connectivity index (χ0v) is 21.9. The lowest BCUT2D eigenvalue weighted by molar-refractivity contribution is -0.138. The Balaban J connectivity index is 1.83. The average Bonchev–Trinajstić information content (AvgIpc) is 2.91. The second-order valence-electron chi connectivity index (χ2n) is 8.83. The molecule has 0 aliphatic heterocycles. The smallest absolute Gasteiger partial charge is 0.416 e. The Hall–Kier alpha value is -4.21. The van der Waals surface area contributed by atoms with Crippen LogP contribution in [0.3, 0.4) is 0 Å². The number of ether oxygens (including phenoxy) is 3. The van der Waals surface area contributed by atoms with Crippen molar-refractivity contribution >= 4 is 11.9 Å². The van der Waals surface area contributed by atoms with Gasteiger partial charge in [-0.3, -0.25) is 9.59 Å². The van der Waals surface area contributed by atoms with Gasteiger partial charge in [0.15, 0.2) is 11.5 Å². The summed E-state index contributed by atoms with van der Waals surface area (Å²) < 4.78 is 54.7. The number of halogens is 3. The first-order valence-electron chi connectivity index (χ1n) is 12.1. The number of benzene rings is 3. The van der Waals surface area contributed by atoms with Gasteiger partial charge in [0.2, 0.25) is 5.75 Å². The first kappa shape index (κ1) is 29.3. The maximum absolute atomic E-state index is 13.7. The van der Waals surface area contributed by atoms with E-state index >= 15 is 0 Å². The molecule has 0 radical (unpaired) electrons. The van der Waals surface area contributed by atoms with Crippen LogP contribution in [0.25, 0.3) is 0 Å². The minimum atomic E-state index is -4.40. The van der Waals surface area contributed by atoms with Gasteiger partial charge in [-0.1, -0.05) is 36.4 Å². The van der Waals surface area contributed by atoms with E-state index in [1.54, 1.807) is 41.3 Å². The van der Waals surface area contributed by atoms with E-state index in [0.717, 1.165) is 23.3 Å². The molecule has 0 saturated carbocycles. The molecule has 10 heteroatoms. The lowest BCUT2D eigenvalue weighted by Gasteiger charge is -2.24. The lowest BCUT2D eigenvalue weighted by atomic mass is 10.1. The predicted molar refractivity (Wildman–Crippen MR) is 138 cm³/mol. The van der Waals surface area contributed by atoms with Crippen LogP contribution in [0.1, 0.15) is 39.0 Å². The lowest BCUT2D eigenvalue weighted by Crippen LogP contribution is -2.32. The summed E-state index contributed by atoms with van der Waals surface area (Å²) in [6, 6.07) is 15.0. The summed E-state index contributed by atoms with van der Waals surface area (Å²) in [5.41, 5.74) is 1.75. The summed E-state index contributed by atoms with van der Waals surface area (Å²) >= 11 is 0. The fraction of sp³-hybridized carbons (Fsp3) is 0.310. The standard InChI is InChI=1S/C29H30F3NO6/c1-37-24-16-22(17-25(38-2)27(24)39-3)28(36)33(18-21-8-6-20(7-9-21)15-26(34)35)14-4-5-19-10-12-23(13-11-19)29(30,31)32/h6-13,16-17H,4-5,14-15,18H2,1-3H3,(H,34,35). The fourth-order valence-corrected chi connectivity index (χ4v) is 4.13. The van der Waals surface area contributed by atoms with E-state index in [9.17, 15) is 22.8 Å². The van der Waals surface area contributed by atoms with Crippen molar-refractivity contribution in [2.24, 2.45) is 0 Å². The second kappa shape index (κ2) is 13.0. The molecule has 3 aromatic rings. The molecule has 3 rings (SSSR count). The van der Waals surface area contributed by atoms with E-state index in [1.807, 2.05) is 0 Å². The van der Waals surface area contributed by atoms with E-state index in [1.165, 1.54) is 33.5 Å². The number of aliphatic carboxylic acids is 1. The number of hydrogen-bond donors (Lipinski definition) is 1. The maximum atomic E-state index is 13.7.